The van der Waals surface area contributed by atoms with E-state index in [-0.39, 0.29) is 16.4 Å². The van der Waals surface area contributed by atoms with Gasteiger partial charge in [0.1, 0.15) is 0 Å². The Hall–Kier alpha value is -0.715. The summed E-state index contributed by atoms with van der Waals surface area (Å²) >= 11 is 5.98. The fourth-order valence-corrected chi connectivity index (χ4v) is 3.10. The number of benzene rings is 1. The molecule has 2 nitrogen and oxygen atoms in total. The second-order valence-corrected chi connectivity index (χ2v) is 7.73. The predicted octanol–water partition coefficient (Wildman–Crippen LogP) is 4.54. The molecular formula is C16H19BClF3O2. The Morgan fingerprint density at radius 1 is 1.09 bits per heavy atom. The molecule has 1 aliphatic heterocycles. The van der Waals surface area contributed by atoms with Crippen LogP contribution in [-0.2, 0) is 15.5 Å². The van der Waals surface area contributed by atoms with Crippen molar-refractivity contribution in [3.8, 4) is 0 Å². The Morgan fingerprint density at radius 2 is 1.61 bits per heavy atom. The fraction of sp³-hybridized carbons (Fsp3) is 0.625. The first kappa shape index (κ1) is 17.1. The summed E-state index contributed by atoms with van der Waals surface area (Å²) in [6, 6.07) is 2.98. The van der Waals surface area contributed by atoms with E-state index in [0.29, 0.717) is 0 Å². The van der Waals surface area contributed by atoms with Gasteiger partial charge in [-0.05, 0) is 63.5 Å². The van der Waals surface area contributed by atoms with Crippen molar-refractivity contribution in [2.45, 2.75) is 63.8 Å². The van der Waals surface area contributed by atoms with Crippen LogP contribution in [0.15, 0.2) is 12.1 Å². The summed E-state index contributed by atoms with van der Waals surface area (Å²) in [5, 5.41) is -0.286. The molecule has 126 valence electrons. The molecule has 23 heavy (non-hydrogen) atoms. The number of rotatable bonds is 2. The molecule has 0 atom stereocenters. The molecule has 1 saturated heterocycles. The van der Waals surface area contributed by atoms with E-state index in [0.717, 1.165) is 18.4 Å². The molecule has 1 aliphatic carbocycles. The molecular weight excluding hydrogens is 327 g/mol. The summed E-state index contributed by atoms with van der Waals surface area (Å²) in [5.74, 6) is 0.288. The Morgan fingerprint density at radius 3 is 2.04 bits per heavy atom. The normalized spacial score (nSPS) is 23.4. The highest BCUT2D eigenvalue weighted by molar-refractivity contribution is 6.63. The van der Waals surface area contributed by atoms with E-state index >= 15 is 0 Å². The number of halogens is 4. The molecule has 2 fully saturated rings. The summed E-state index contributed by atoms with van der Waals surface area (Å²) in [6.45, 7) is 7.25. The van der Waals surface area contributed by atoms with Gasteiger partial charge in [-0.25, -0.2) is 0 Å². The standard InChI is InChI=1S/C16H19BClF3O2/c1-14(2)15(3,4)23-17(22-14)11-7-10(9-5-6-9)8-12(18)13(11)16(19,20)21/h7-9H,5-6H2,1-4H3. The molecule has 0 bridgehead atoms. The molecule has 7 heteroatoms. The first-order valence-corrected chi connectivity index (χ1v) is 8.06. The zero-order valence-corrected chi connectivity index (χ0v) is 14.3. The number of hydrogen-bond donors (Lipinski definition) is 0. The second kappa shape index (κ2) is 5.14. The van der Waals surface area contributed by atoms with E-state index in [4.69, 9.17) is 20.9 Å². The first-order valence-electron chi connectivity index (χ1n) is 7.68. The van der Waals surface area contributed by atoms with Crippen molar-refractivity contribution in [1.29, 1.82) is 0 Å². The topological polar surface area (TPSA) is 18.5 Å². The smallest absolute Gasteiger partial charge is 0.399 e. The lowest BCUT2D eigenvalue weighted by atomic mass is 9.74. The minimum absolute atomic E-state index is 0.0226. The Kier molecular flexibility index (Phi) is 3.82. The zero-order valence-electron chi connectivity index (χ0n) is 13.6. The molecule has 1 aromatic carbocycles. The van der Waals surface area contributed by atoms with Crippen LogP contribution in [-0.4, -0.2) is 18.3 Å². The fourth-order valence-electron chi connectivity index (χ4n) is 2.76. The van der Waals surface area contributed by atoms with Crippen LogP contribution in [0.25, 0.3) is 0 Å². The van der Waals surface area contributed by atoms with E-state index in [1.807, 2.05) is 27.7 Å². The molecule has 3 rings (SSSR count). The van der Waals surface area contributed by atoms with Crippen molar-refractivity contribution < 1.29 is 22.5 Å². The van der Waals surface area contributed by atoms with Gasteiger partial charge in [0.2, 0.25) is 0 Å². The Labute approximate surface area is 139 Å². The minimum atomic E-state index is -4.56. The van der Waals surface area contributed by atoms with Gasteiger partial charge in [-0.3, -0.25) is 0 Å². The first-order chi connectivity index (χ1) is 10.4. The average Bonchev–Trinajstić information content (AvgIpc) is 3.15. The van der Waals surface area contributed by atoms with Crippen LogP contribution in [0.3, 0.4) is 0 Å². The quantitative estimate of drug-likeness (QED) is 0.732. The molecule has 2 aliphatic rings. The molecule has 0 aromatic heterocycles. The lowest BCUT2D eigenvalue weighted by Gasteiger charge is -2.32. The average molecular weight is 347 g/mol. The summed E-state index contributed by atoms with van der Waals surface area (Å²) in [7, 11) is -1.08. The van der Waals surface area contributed by atoms with Gasteiger partial charge in [0.15, 0.2) is 0 Å². The summed E-state index contributed by atoms with van der Waals surface area (Å²) in [5.41, 5.74) is -1.47. The van der Waals surface area contributed by atoms with Gasteiger partial charge in [0.25, 0.3) is 0 Å². The molecule has 1 saturated carbocycles. The maximum atomic E-state index is 13.5. The lowest BCUT2D eigenvalue weighted by molar-refractivity contribution is -0.136. The van der Waals surface area contributed by atoms with E-state index in [1.54, 1.807) is 6.07 Å². The van der Waals surface area contributed by atoms with Crippen LogP contribution in [0.5, 0.6) is 0 Å². The Bertz CT molecular complexity index is 623. The van der Waals surface area contributed by atoms with Gasteiger partial charge in [-0.1, -0.05) is 17.7 Å². The molecule has 0 spiro atoms. The minimum Gasteiger partial charge on any atom is -0.399 e. The highest BCUT2D eigenvalue weighted by Crippen LogP contribution is 2.44. The predicted molar refractivity (Wildman–Crippen MR) is 84.1 cm³/mol. The highest BCUT2D eigenvalue weighted by Gasteiger charge is 2.54. The van der Waals surface area contributed by atoms with E-state index in [2.05, 4.69) is 0 Å². The third kappa shape index (κ3) is 3.01. The monoisotopic (exact) mass is 346 g/mol. The van der Waals surface area contributed by atoms with Crippen molar-refractivity contribution in [3.05, 3.63) is 28.3 Å². The second-order valence-electron chi connectivity index (χ2n) is 7.33. The SMILES string of the molecule is CC1(C)OB(c2cc(C3CC3)cc(Cl)c2C(F)(F)F)OC1(C)C. The van der Waals surface area contributed by atoms with Crippen LogP contribution >= 0.6 is 11.6 Å². The van der Waals surface area contributed by atoms with Crippen LogP contribution in [0.2, 0.25) is 5.02 Å². The highest BCUT2D eigenvalue weighted by atomic mass is 35.5. The van der Waals surface area contributed by atoms with Gasteiger partial charge >= 0.3 is 13.3 Å². The molecule has 1 heterocycles. The van der Waals surface area contributed by atoms with Crippen LogP contribution in [0, 0.1) is 0 Å². The summed E-state index contributed by atoms with van der Waals surface area (Å²) in [6.07, 6.45) is -2.60. The Balaban J connectivity index is 2.10. The van der Waals surface area contributed by atoms with Crippen molar-refractivity contribution >= 4 is 24.2 Å². The van der Waals surface area contributed by atoms with Gasteiger partial charge in [0.05, 0.1) is 21.8 Å². The van der Waals surface area contributed by atoms with Crippen LogP contribution < -0.4 is 5.46 Å². The lowest BCUT2D eigenvalue weighted by Crippen LogP contribution is -2.41. The maximum absolute atomic E-state index is 13.5. The van der Waals surface area contributed by atoms with Gasteiger partial charge < -0.3 is 9.31 Å². The van der Waals surface area contributed by atoms with E-state index in [9.17, 15) is 13.2 Å². The van der Waals surface area contributed by atoms with Gasteiger partial charge in [0, 0.05) is 0 Å². The third-order valence-corrected chi connectivity index (χ3v) is 5.28. The largest absolute Gasteiger partial charge is 0.495 e. The van der Waals surface area contributed by atoms with E-state index < -0.39 is 30.1 Å². The van der Waals surface area contributed by atoms with Gasteiger partial charge in [-0.2, -0.15) is 13.2 Å². The van der Waals surface area contributed by atoms with Crippen LogP contribution in [0.4, 0.5) is 13.2 Å². The van der Waals surface area contributed by atoms with Crippen molar-refractivity contribution in [2.24, 2.45) is 0 Å². The zero-order chi connectivity index (χ0) is 17.2. The molecule has 0 radical (unpaired) electrons. The molecule has 1 aromatic rings. The number of hydrogen-bond acceptors (Lipinski definition) is 2. The molecule has 0 unspecified atom stereocenters. The summed E-state index contributed by atoms with van der Waals surface area (Å²) < 4.78 is 52.1. The summed E-state index contributed by atoms with van der Waals surface area (Å²) in [4.78, 5) is 0. The van der Waals surface area contributed by atoms with Gasteiger partial charge in [-0.15, -0.1) is 0 Å². The van der Waals surface area contributed by atoms with Crippen LogP contribution in [0.1, 0.15) is 57.6 Å². The third-order valence-electron chi connectivity index (χ3n) is 4.98. The molecule has 0 amide bonds. The van der Waals surface area contributed by atoms with Crippen molar-refractivity contribution in [2.75, 3.05) is 0 Å². The van der Waals surface area contributed by atoms with Crippen molar-refractivity contribution in [1.82, 2.24) is 0 Å². The molecule has 0 N–H and O–H groups in total. The maximum Gasteiger partial charge on any atom is 0.495 e. The number of alkyl halides is 3. The van der Waals surface area contributed by atoms with Crippen molar-refractivity contribution in [3.63, 3.8) is 0 Å². The van der Waals surface area contributed by atoms with E-state index in [1.165, 1.54) is 6.07 Å².